The van der Waals surface area contributed by atoms with Crippen LogP contribution in [0.2, 0.25) is 0 Å². The molecule has 0 fully saturated rings. The van der Waals surface area contributed by atoms with Crippen molar-refractivity contribution in [3.63, 3.8) is 0 Å². The van der Waals surface area contributed by atoms with Crippen molar-refractivity contribution in [2.45, 2.75) is 13.5 Å². The molecule has 2 N–H and O–H groups in total. The van der Waals surface area contributed by atoms with Crippen LogP contribution in [0.25, 0.3) is 17.1 Å². The van der Waals surface area contributed by atoms with E-state index in [-0.39, 0.29) is 5.91 Å². The number of H-pyrrole nitrogens is 1. The van der Waals surface area contributed by atoms with E-state index in [1.807, 2.05) is 49.4 Å². The van der Waals surface area contributed by atoms with Gasteiger partial charge in [0.15, 0.2) is 11.5 Å². The second kappa shape index (κ2) is 8.20. The van der Waals surface area contributed by atoms with Crippen molar-refractivity contribution in [3.05, 3.63) is 59.9 Å². The van der Waals surface area contributed by atoms with E-state index >= 15 is 0 Å². The summed E-state index contributed by atoms with van der Waals surface area (Å²) >= 11 is 0. The van der Waals surface area contributed by atoms with Gasteiger partial charge in [-0.05, 0) is 42.8 Å². The van der Waals surface area contributed by atoms with Gasteiger partial charge in [0.1, 0.15) is 5.82 Å². The highest BCUT2D eigenvalue weighted by Crippen LogP contribution is 2.28. The smallest absolute Gasteiger partial charge is 0.244 e. The van der Waals surface area contributed by atoms with Gasteiger partial charge in [0.05, 0.1) is 31.3 Å². The molecular formula is C20H21N3O3. The summed E-state index contributed by atoms with van der Waals surface area (Å²) in [6, 6.07) is 13.3. The summed E-state index contributed by atoms with van der Waals surface area (Å²) in [4.78, 5) is 19.7. The van der Waals surface area contributed by atoms with E-state index in [0.717, 1.165) is 22.4 Å². The third-order valence-electron chi connectivity index (χ3n) is 3.78. The van der Waals surface area contributed by atoms with Gasteiger partial charge in [-0.1, -0.05) is 18.2 Å². The number of fused-ring (bicyclic) bond motifs is 1. The molecule has 134 valence electrons. The van der Waals surface area contributed by atoms with Crippen molar-refractivity contribution < 1.29 is 14.3 Å². The van der Waals surface area contributed by atoms with Crippen molar-refractivity contribution >= 4 is 23.0 Å². The quantitative estimate of drug-likeness (QED) is 0.641. The molecule has 3 rings (SSSR count). The number of hydrogen-bond donors (Lipinski definition) is 2. The Morgan fingerprint density at radius 1 is 1.23 bits per heavy atom. The van der Waals surface area contributed by atoms with Gasteiger partial charge in [-0.2, -0.15) is 0 Å². The maximum atomic E-state index is 12.0. The molecule has 0 aliphatic rings. The number of benzene rings is 2. The van der Waals surface area contributed by atoms with E-state index in [1.165, 1.54) is 6.08 Å². The number of aromatic amines is 1. The van der Waals surface area contributed by atoms with Gasteiger partial charge in [-0.15, -0.1) is 0 Å². The monoisotopic (exact) mass is 351 g/mol. The number of hydrogen-bond acceptors (Lipinski definition) is 4. The number of amides is 1. The lowest BCUT2D eigenvalue weighted by atomic mass is 10.2. The van der Waals surface area contributed by atoms with Crippen molar-refractivity contribution in [3.8, 4) is 11.5 Å². The first-order valence-corrected chi connectivity index (χ1v) is 8.40. The lowest BCUT2D eigenvalue weighted by Crippen LogP contribution is -2.20. The zero-order valence-corrected chi connectivity index (χ0v) is 14.8. The van der Waals surface area contributed by atoms with Crippen molar-refractivity contribution in [1.82, 2.24) is 15.3 Å². The Labute approximate surface area is 151 Å². The lowest BCUT2D eigenvalue weighted by molar-refractivity contribution is -0.116. The molecule has 0 atom stereocenters. The molecule has 6 nitrogen and oxygen atoms in total. The fourth-order valence-corrected chi connectivity index (χ4v) is 2.56. The first-order chi connectivity index (χ1) is 12.7. The van der Waals surface area contributed by atoms with Crippen LogP contribution in [0, 0.1) is 0 Å². The summed E-state index contributed by atoms with van der Waals surface area (Å²) in [6.45, 7) is 2.79. The minimum atomic E-state index is -0.195. The van der Waals surface area contributed by atoms with E-state index in [1.54, 1.807) is 13.2 Å². The zero-order chi connectivity index (χ0) is 18.4. The molecular weight excluding hydrogens is 330 g/mol. The Morgan fingerprint density at radius 3 is 2.85 bits per heavy atom. The number of rotatable bonds is 7. The molecule has 0 saturated carbocycles. The number of nitrogens with zero attached hydrogens (tertiary/aromatic N) is 1. The third kappa shape index (κ3) is 4.22. The highest BCUT2D eigenvalue weighted by molar-refractivity contribution is 5.91. The van der Waals surface area contributed by atoms with Crippen LogP contribution in [0.15, 0.2) is 48.5 Å². The Balaban J connectivity index is 1.61. The first-order valence-electron chi connectivity index (χ1n) is 8.40. The molecule has 0 bridgehead atoms. The van der Waals surface area contributed by atoms with Crippen LogP contribution >= 0.6 is 0 Å². The predicted molar refractivity (Wildman–Crippen MR) is 101 cm³/mol. The van der Waals surface area contributed by atoms with E-state index in [9.17, 15) is 4.79 Å². The van der Waals surface area contributed by atoms with E-state index < -0.39 is 0 Å². The van der Waals surface area contributed by atoms with Gasteiger partial charge >= 0.3 is 0 Å². The normalized spacial score (nSPS) is 11.0. The lowest BCUT2D eigenvalue weighted by Gasteiger charge is -2.09. The van der Waals surface area contributed by atoms with Gasteiger partial charge in [-0.25, -0.2) is 4.98 Å². The maximum absolute atomic E-state index is 12.0. The summed E-state index contributed by atoms with van der Waals surface area (Å²) in [7, 11) is 1.60. The number of imidazole rings is 1. The standard InChI is InChI=1S/C20H21N3O3/c1-3-26-18-12-14(8-10-17(18)25-2)9-11-20(24)21-13-19-22-15-6-4-5-7-16(15)23-19/h4-12H,3,13H2,1-2H3,(H,21,24)(H,22,23)/b11-9+. The summed E-state index contributed by atoms with van der Waals surface area (Å²) in [5.41, 5.74) is 2.69. The van der Waals surface area contributed by atoms with Crippen molar-refractivity contribution in [1.29, 1.82) is 0 Å². The Kier molecular flexibility index (Phi) is 5.53. The predicted octanol–water partition coefficient (Wildman–Crippen LogP) is 3.30. The van der Waals surface area contributed by atoms with Crippen molar-refractivity contribution in [2.24, 2.45) is 0 Å². The van der Waals surface area contributed by atoms with Crippen LogP contribution < -0.4 is 14.8 Å². The van der Waals surface area contributed by atoms with E-state index in [0.29, 0.717) is 24.7 Å². The SMILES string of the molecule is CCOc1cc(/C=C/C(=O)NCc2nc3ccccc3[nH]2)ccc1OC. The highest BCUT2D eigenvalue weighted by atomic mass is 16.5. The summed E-state index contributed by atoms with van der Waals surface area (Å²) in [5, 5.41) is 2.82. The Morgan fingerprint density at radius 2 is 2.08 bits per heavy atom. The molecule has 26 heavy (non-hydrogen) atoms. The summed E-state index contributed by atoms with van der Waals surface area (Å²) in [5.74, 6) is 1.84. The average molecular weight is 351 g/mol. The van der Waals surface area contributed by atoms with E-state index in [4.69, 9.17) is 9.47 Å². The fraction of sp³-hybridized carbons (Fsp3) is 0.200. The molecule has 0 unspecified atom stereocenters. The number of carbonyl (C=O) groups excluding carboxylic acids is 1. The molecule has 0 aliphatic heterocycles. The molecule has 3 aromatic rings. The van der Waals surface area contributed by atoms with Gasteiger partial charge in [0, 0.05) is 6.08 Å². The second-order valence-electron chi connectivity index (χ2n) is 5.60. The van der Waals surface area contributed by atoms with Crippen LogP contribution in [0.4, 0.5) is 0 Å². The largest absolute Gasteiger partial charge is 0.493 e. The molecule has 1 heterocycles. The van der Waals surface area contributed by atoms with Crippen LogP contribution in [-0.2, 0) is 11.3 Å². The van der Waals surface area contributed by atoms with Gasteiger partial charge in [0.25, 0.3) is 0 Å². The van der Waals surface area contributed by atoms with Crippen LogP contribution in [0.3, 0.4) is 0 Å². The minimum absolute atomic E-state index is 0.195. The highest BCUT2D eigenvalue weighted by Gasteiger charge is 2.05. The molecule has 0 aliphatic carbocycles. The second-order valence-corrected chi connectivity index (χ2v) is 5.60. The minimum Gasteiger partial charge on any atom is -0.493 e. The van der Waals surface area contributed by atoms with Crippen LogP contribution in [0.5, 0.6) is 11.5 Å². The topological polar surface area (TPSA) is 76.2 Å². The average Bonchev–Trinajstić information content (AvgIpc) is 3.08. The first kappa shape index (κ1) is 17.5. The summed E-state index contributed by atoms with van der Waals surface area (Å²) in [6.07, 6.45) is 3.22. The third-order valence-corrected chi connectivity index (χ3v) is 3.78. The van der Waals surface area contributed by atoms with E-state index in [2.05, 4.69) is 15.3 Å². The number of carbonyl (C=O) groups is 1. The van der Waals surface area contributed by atoms with Gasteiger partial charge < -0.3 is 19.8 Å². The van der Waals surface area contributed by atoms with Crippen LogP contribution in [0.1, 0.15) is 18.3 Å². The number of ether oxygens (including phenoxy) is 2. The molecule has 6 heteroatoms. The molecule has 0 spiro atoms. The maximum Gasteiger partial charge on any atom is 0.244 e. The number of nitrogens with one attached hydrogen (secondary N) is 2. The van der Waals surface area contributed by atoms with Crippen molar-refractivity contribution in [2.75, 3.05) is 13.7 Å². The Bertz CT molecular complexity index is 898. The summed E-state index contributed by atoms with van der Waals surface area (Å²) < 4.78 is 10.8. The zero-order valence-electron chi connectivity index (χ0n) is 14.8. The fourth-order valence-electron chi connectivity index (χ4n) is 2.56. The molecule has 0 radical (unpaired) electrons. The number of para-hydroxylation sites is 2. The van der Waals surface area contributed by atoms with Gasteiger partial charge in [-0.3, -0.25) is 4.79 Å². The van der Waals surface area contributed by atoms with Gasteiger partial charge in [0.2, 0.25) is 5.91 Å². The molecule has 1 aromatic heterocycles. The molecule has 0 saturated heterocycles. The van der Waals surface area contributed by atoms with Crippen LogP contribution in [-0.4, -0.2) is 29.6 Å². The Hall–Kier alpha value is -3.28. The molecule has 1 amide bonds. The molecule has 2 aromatic carbocycles. The number of methoxy groups -OCH3 is 1. The number of aromatic nitrogens is 2.